The Morgan fingerprint density at radius 2 is 2.11 bits per heavy atom. The molecule has 18 heavy (non-hydrogen) atoms. The van der Waals surface area contributed by atoms with Crippen LogP contribution in [0.2, 0.25) is 0 Å². The van der Waals surface area contributed by atoms with Crippen LogP contribution >= 0.6 is 27.7 Å². The van der Waals surface area contributed by atoms with Crippen LogP contribution in [-0.4, -0.2) is 24.1 Å². The lowest BCUT2D eigenvalue weighted by molar-refractivity contribution is 0.279. The fourth-order valence-electron chi connectivity index (χ4n) is 2.92. The molecule has 1 aliphatic carbocycles. The molecule has 98 valence electrons. The third-order valence-corrected chi connectivity index (χ3v) is 6.16. The third kappa shape index (κ3) is 2.94. The lowest BCUT2D eigenvalue weighted by Gasteiger charge is -2.37. The van der Waals surface area contributed by atoms with Gasteiger partial charge >= 0.3 is 0 Å². The van der Waals surface area contributed by atoms with Crippen molar-refractivity contribution in [2.24, 2.45) is 5.92 Å². The highest BCUT2D eigenvalue weighted by atomic mass is 79.9. The van der Waals surface area contributed by atoms with E-state index < -0.39 is 0 Å². The van der Waals surface area contributed by atoms with E-state index in [2.05, 4.69) is 57.3 Å². The fourth-order valence-corrected chi connectivity index (χ4v) is 4.82. The highest BCUT2D eigenvalue weighted by Crippen LogP contribution is 2.40. The first-order valence-corrected chi connectivity index (χ1v) is 8.83. The second-order valence-corrected chi connectivity index (χ2v) is 7.53. The van der Waals surface area contributed by atoms with Crippen molar-refractivity contribution in [1.29, 1.82) is 0 Å². The van der Waals surface area contributed by atoms with Crippen molar-refractivity contribution in [3.8, 4) is 0 Å². The molecule has 0 bridgehead atoms. The summed E-state index contributed by atoms with van der Waals surface area (Å²) in [6, 6.07) is 9.42. The number of thioether (sulfide) groups is 1. The second kappa shape index (κ2) is 5.98. The zero-order valence-electron chi connectivity index (χ0n) is 10.6. The highest BCUT2D eigenvalue weighted by molar-refractivity contribution is 9.10. The van der Waals surface area contributed by atoms with Crippen molar-refractivity contribution in [2.75, 3.05) is 18.1 Å². The molecule has 1 aliphatic heterocycles. The van der Waals surface area contributed by atoms with E-state index in [-0.39, 0.29) is 0 Å². The van der Waals surface area contributed by atoms with Crippen LogP contribution < -0.4 is 5.32 Å². The van der Waals surface area contributed by atoms with Gasteiger partial charge in [0.1, 0.15) is 0 Å². The monoisotopic (exact) mass is 325 g/mol. The zero-order valence-corrected chi connectivity index (χ0v) is 13.0. The number of benzene rings is 1. The van der Waals surface area contributed by atoms with E-state index in [4.69, 9.17) is 0 Å². The van der Waals surface area contributed by atoms with Gasteiger partial charge in [0.15, 0.2) is 0 Å². The smallest absolute Gasteiger partial charge is 0.0210 e. The maximum absolute atomic E-state index is 3.75. The van der Waals surface area contributed by atoms with Crippen LogP contribution in [0.5, 0.6) is 0 Å². The van der Waals surface area contributed by atoms with E-state index in [0.29, 0.717) is 0 Å². The van der Waals surface area contributed by atoms with E-state index >= 15 is 0 Å². The Bertz CT molecular complexity index is 397. The Morgan fingerprint density at radius 3 is 2.83 bits per heavy atom. The van der Waals surface area contributed by atoms with E-state index in [0.717, 1.165) is 17.9 Å². The van der Waals surface area contributed by atoms with Crippen LogP contribution in [0.25, 0.3) is 0 Å². The van der Waals surface area contributed by atoms with Crippen LogP contribution in [0.4, 0.5) is 0 Å². The summed E-state index contributed by atoms with van der Waals surface area (Å²) in [4.78, 5) is 0. The molecular weight excluding hydrogens is 306 g/mol. The Labute approximate surface area is 122 Å². The van der Waals surface area contributed by atoms with Crippen molar-refractivity contribution in [3.63, 3.8) is 0 Å². The molecule has 2 fully saturated rings. The molecule has 1 nitrogen and oxygen atoms in total. The van der Waals surface area contributed by atoms with Gasteiger partial charge in [0.25, 0.3) is 0 Å². The zero-order chi connectivity index (χ0) is 12.4. The number of nitrogens with one attached hydrogen (secondary N) is 1. The van der Waals surface area contributed by atoms with Gasteiger partial charge in [-0.2, -0.15) is 11.8 Å². The van der Waals surface area contributed by atoms with Crippen molar-refractivity contribution < 1.29 is 0 Å². The molecule has 0 spiro atoms. The molecule has 1 aromatic carbocycles. The van der Waals surface area contributed by atoms with Crippen LogP contribution in [0.15, 0.2) is 28.7 Å². The molecule has 3 rings (SSSR count). The minimum absolute atomic E-state index is 0.757. The number of hydrogen-bond acceptors (Lipinski definition) is 2. The van der Waals surface area contributed by atoms with Gasteiger partial charge in [0.05, 0.1) is 0 Å². The number of hydrogen-bond donors (Lipinski definition) is 1. The molecule has 1 N–H and O–H groups in total. The van der Waals surface area contributed by atoms with E-state index in [9.17, 15) is 0 Å². The minimum atomic E-state index is 0.757. The standard InChI is InChI=1S/C15H20BrNS/c16-15-4-2-1-3-14(15)12-7-13(8-12)17-9-11-5-6-18-10-11/h1-4,11-13,17H,5-10H2. The normalized spacial score (nSPS) is 31.3. The second-order valence-electron chi connectivity index (χ2n) is 5.52. The molecule has 1 atom stereocenters. The summed E-state index contributed by atoms with van der Waals surface area (Å²) in [5.41, 5.74) is 1.49. The van der Waals surface area contributed by atoms with Gasteiger partial charge < -0.3 is 5.32 Å². The molecule has 3 heteroatoms. The molecule has 1 saturated carbocycles. The van der Waals surface area contributed by atoms with E-state index in [1.807, 2.05) is 0 Å². The van der Waals surface area contributed by atoms with Crippen LogP contribution in [-0.2, 0) is 0 Å². The fraction of sp³-hybridized carbons (Fsp3) is 0.600. The number of halogens is 1. The average molecular weight is 326 g/mol. The van der Waals surface area contributed by atoms with Crippen LogP contribution in [0, 0.1) is 5.92 Å². The number of rotatable bonds is 4. The van der Waals surface area contributed by atoms with Crippen molar-refractivity contribution in [1.82, 2.24) is 5.32 Å². The first-order valence-electron chi connectivity index (χ1n) is 6.88. The van der Waals surface area contributed by atoms with Crippen LogP contribution in [0.3, 0.4) is 0 Å². The average Bonchev–Trinajstić information content (AvgIpc) is 2.82. The summed E-state index contributed by atoms with van der Waals surface area (Å²) < 4.78 is 1.28. The first kappa shape index (κ1) is 13.0. The van der Waals surface area contributed by atoms with Crippen molar-refractivity contribution >= 4 is 27.7 Å². The third-order valence-electron chi connectivity index (χ3n) is 4.20. The van der Waals surface area contributed by atoms with E-state index in [1.165, 1.54) is 47.3 Å². The molecule has 0 radical (unpaired) electrons. The predicted octanol–water partition coefficient (Wildman–Crippen LogP) is 4.04. The molecule has 0 aromatic heterocycles. The summed E-state index contributed by atoms with van der Waals surface area (Å²) >= 11 is 5.77. The van der Waals surface area contributed by atoms with Gasteiger partial charge in [-0.15, -0.1) is 0 Å². The van der Waals surface area contributed by atoms with Gasteiger partial charge in [-0.25, -0.2) is 0 Å². The Balaban J connectivity index is 1.44. The molecule has 1 saturated heterocycles. The van der Waals surface area contributed by atoms with E-state index in [1.54, 1.807) is 0 Å². The summed E-state index contributed by atoms with van der Waals surface area (Å²) in [5.74, 6) is 4.43. The van der Waals surface area contributed by atoms with Gasteiger partial charge in [-0.1, -0.05) is 34.1 Å². The van der Waals surface area contributed by atoms with Crippen molar-refractivity contribution in [3.05, 3.63) is 34.3 Å². The Morgan fingerprint density at radius 1 is 1.28 bits per heavy atom. The molecule has 0 amide bonds. The Kier molecular flexibility index (Phi) is 4.32. The largest absolute Gasteiger partial charge is 0.314 e. The first-order chi connectivity index (χ1) is 8.83. The molecule has 1 unspecified atom stereocenters. The molecule has 1 heterocycles. The lowest BCUT2D eigenvalue weighted by Crippen LogP contribution is -2.42. The molecule has 2 aliphatic rings. The SMILES string of the molecule is Brc1ccccc1C1CC(NCC2CCSC2)C1. The summed E-state index contributed by atoms with van der Waals surface area (Å²) in [6.45, 7) is 1.24. The Hall–Kier alpha value is 0.01000. The quantitative estimate of drug-likeness (QED) is 0.896. The summed E-state index contributed by atoms with van der Waals surface area (Å²) in [7, 11) is 0. The molecule has 1 aromatic rings. The highest BCUT2D eigenvalue weighted by Gasteiger charge is 2.31. The predicted molar refractivity (Wildman–Crippen MR) is 83.3 cm³/mol. The van der Waals surface area contributed by atoms with Gasteiger partial charge in [-0.05, 0) is 60.8 Å². The van der Waals surface area contributed by atoms with Crippen LogP contribution in [0.1, 0.15) is 30.7 Å². The maximum atomic E-state index is 3.75. The maximum Gasteiger partial charge on any atom is 0.0210 e. The van der Waals surface area contributed by atoms with Gasteiger partial charge in [-0.3, -0.25) is 0 Å². The van der Waals surface area contributed by atoms with Gasteiger partial charge in [0.2, 0.25) is 0 Å². The minimum Gasteiger partial charge on any atom is -0.314 e. The lowest BCUT2D eigenvalue weighted by atomic mass is 9.76. The van der Waals surface area contributed by atoms with Gasteiger partial charge in [0, 0.05) is 10.5 Å². The topological polar surface area (TPSA) is 12.0 Å². The summed E-state index contributed by atoms with van der Waals surface area (Å²) in [5, 5.41) is 3.75. The molecular formula is C15H20BrNS. The summed E-state index contributed by atoms with van der Waals surface area (Å²) in [6.07, 6.45) is 4.03. The van der Waals surface area contributed by atoms with Crippen molar-refractivity contribution in [2.45, 2.75) is 31.2 Å².